The molecule has 40 heavy (non-hydrogen) atoms. The lowest BCUT2D eigenvalue weighted by Crippen LogP contribution is -2.25. The van der Waals surface area contributed by atoms with Crippen LogP contribution in [0.15, 0.2) is 66.7 Å². The minimum absolute atomic E-state index is 0.0857. The molecule has 0 heterocycles. The van der Waals surface area contributed by atoms with Gasteiger partial charge in [-0.25, -0.2) is 4.79 Å². The number of rotatable bonds is 15. The second kappa shape index (κ2) is 16.4. The maximum Gasteiger partial charge on any atom is 0.343 e. The molecule has 4 nitrogen and oxygen atoms in total. The molecule has 1 unspecified atom stereocenters. The molecule has 0 spiro atoms. The van der Waals surface area contributed by atoms with E-state index in [-0.39, 0.29) is 22.3 Å². The van der Waals surface area contributed by atoms with Crippen molar-refractivity contribution in [2.45, 2.75) is 83.9 Å². The van der Waals surface area contributed by atoms with Crippen molar-refractivity contribution in [1.82, 2.24) is 0 Å². The van der Waals surface area contributed by atoms with Crippen LogP contribution in [0.4, 0.5) is 0 Å². The first-order valence-electron chi connectivity index (χ1n) is 14.4. The molecule has 0 fully saturated rings. The Labute approximate surface area is 249 Å². The summed E-state index contributed by atoms with van der Waals surface area (Å²) in [5.74, 6) is -0.670. The van der Waals surface area contributed by atoms with Gasteiger partial charge in [-0.2, -0.15) is 0 Å². The minimum atomic E-state index is -0.790. The summed E-state index contributed by atoms with van der Waals surface area (Å²) in [6.45, 7) is 5.90. The maximum atomic E-state index is 12.7. The number of hydrogen-bond donors (Lipinski definition) is 0. The van der Waals surface area contributed by atoms with Crippen LogP contribution in [0.3, 0.4) is 0 Å². The molecule has 214 valence electrons. The number of carbonyl (C=O) groups excluding carboxylic acids is 2. The summed E-state index contributed by atoms with van der Waals surface area (Å²) in [5.41, 5.74) is 3.77. The Balaban J connectivity index is 1.49. The van der Waals surface area contributed by atoms with Gasteiger partial charge in [0.05, 0.1) is 10.6 Å². The van der Waals surface area contributed by atoms with Crippen LogP contribution in [0.5, 0.6) is 11.5 Å². The molecule has 0 aliphatic rings. The first-order chi connectivity index (χ1) is 19.3. The summed E-state index contributed by atoms with van der Waals surface area (Å²) < 4.78 is 10.8. The van der Waals surface area contributed by atoms with Crippen molar-refractivity contribution >= 4 is 35.1 Å². The van der Waals surface area contributed by atoms with Crippen LogP contribution in [0.1, 0.15) is 88.1 Å². The monoisotopic (exact) mass is 582 g/mol. The van der Waals surface area contributed by atoms with Crippen LogP contribution in [0.25, 0.3) is 11.1 Å². The Hall–Kier alpha value is -2.82. The van der Waals surface area contributed by atoms with Crippen LogP contribution in [-0.2, 0) is 11.2 Å². The summed E-state index contributed by atoms with van der Waals surface area (Å²) in [4.78, 5) is 24.8. The van der Waals surface area contributed by atoms with Crippen LogP contribution < -0.4 is 9.47 Å². The number of ether oxygens (including phenoxy) is 2. The third kappa shape index (κ3) is 9.98. The van der Waals surface area contributed by atoms with E-state index < -0.39 is 17.3 Å². The number of hydrogen-bond acceptors (Lipinski definition) is 4. The van der Waals surface area contributed by atoms with Gasteiger partial charge in [-0.1, -0.05) is 114 Å². The van der Waals surface area contributed by atoms with Crippen LogP contribution in [0, 0.1) is 5.92 Å². The Morgan fingerprint density at radius 1 is 0.750 bits per heavy atom. The highest BCUT2D eigenvalue weighted by Crippen LogP contribution is 2.28. The minimum Gasteiger partial charge on any atom is -0.424 e. The van der Waals surface area contributed by atoms with Crippen LogP contribution in [-0.4, -0.2) is 17.3 Å². The molecule has 0 bridgehead atoms. The van der Waals surface area contributed by atoms with E-state index in [2.05, 4.69) is 31.2 Å². The molecule has 3 aromatic carbocycles. The summed E-state index contributed by atoms with van der Waals surface area (Å²) in [6.07, 6.45) is 11.7. The highest BCUT2D eigenvalue weighted by atomic mass is 35.5. The molecule has 0 aliphatic heterocycles. The zero-order chi connectivity index (χ0) is 28.9. The van der Waals surface area contributed by atoms with Gasteiger partial charge in [0.25, 0.3) is 0 Å². The van der Waals surface area contributed by atoms with E-state index in [9.17, 15) is 9.59 Å². The molecule has 3 rings (SSSR count). The Morgan fingerprint density at radius 2 is 1.32 bits per heavy atom. The molecule has 0 aromatic heterocycles. The van der Waals surface area contributed by atoms with Crippen molar-refractivity contribution in [2.24, 2.45) is 5.92 Å². The van der Waals surface area contributed by atoms with E-state index in [1.165, 1.54) is 75.1 Å². The van der Waals surface area contributed by atoms with E-state index in [0.29, 0.717) is 5.75 Å². The largest absolute Gasteiger partial charge is 0.424 e. The SMILES string of the molecule is CCCCCCCCCCc1ccc(-c2ccc(OC(=O)c3ccc(OC(=O)C(Cl)C(C)C)c(Cl)c3)cc2)cc1. The highest BCUT2D eigenvalue weighted by Gasteiger charge is 2.23. The summed E-state index contributed by atoms with van der Waals surface area (Å²) in [6, 6.07) is 20.5. The van der Waals surface area contributed by atoms with Crippen molar-refractivity contribution in [3.63, 3.8) is 0 Å². The zero-order valence-electron chi connectivity index (χ0n) is 23.8. The Kier molecular flexibility index (Phi) is 13.0. The van der Waals surface area contributed by atoms with Crippen LogP contribution >= 0.6 is 23.2 Å². The summed E-state index contributed by atoms with van der Waals surface area (Å²) in [7, 11) is 0. The zero-order valence-corrected chi connectivity index (χ0v) is 25.3. The maximum absolute atomic E-state index is 12.7. The molecule has 0 saturated carbocycles. The molecule has 1 atom stereocenters. The van der Waals surface area contributed by atoms with E-state index in [4.69, 9.17) is 32.7 Å². The number of benzene rings is 3. The van der Waals surface area contributed by atoms with Gasteiger partial charge in [-0.05, 0) is 65.8 Å². The fourth-order valence-corrected chi connectivity index (χ4v) is 4.62. The van der Waals surface area contributed by atoms with Crippen LogP contribution in [0.2, 0.25) is 5.02 Å². The lowest BCUT2D eigenvalue weighted by molar-refractivity contribution is -0.134. The number of alkyl halides is 1. The third-order valence-electron chi connectivity index (χ3n) is 6.86. The number of esters is 2. The number of carbonyl (C=O) groups is 2. The third-order valence-corrected chi connectivity index (χ3v) is 7.84. The smallest absolute Gasteiger partial charge is 0.343 e. The quantitative estimate of drug-likeness (QED) is 0.0773. The average Bonchev–Trinajstić information content (AvgIpc) is 2.95. The topological polar surface area (TPSA) is 52.6 Å². The predicted molar refractivity (Wildman–Crippen MR) is 165 cm³/mol. The van der Waals surface area contributed by atoms with E-state index in [1.807, 2.05) is 26.0 Å². The van der Waals surface area contributed by atoms with E-state index >= 15 is 0 Å². The molecular weight excluding hydrogens is 543 g/mol. The summed E-state index contributed by atoms with van der Waals surface area (Å²) in [5, 5.41) is -0.669. The van der Waals surface area contributed by atoms with E-state index in [1.54, 1.807) is 12.1 Å². The molecular formula is C34H40Cl2O4. The lowest BCUT2D eigenvalue weighted by Gasteiger charge is -2.13. The van der Waals surface area contributed by atoms with Gasteiger partial charge in [0.15, 0.2) is 0 Å². The standard InChI is InChI=1S/C34H40Cl2O4/c1-4-5-6-7-8-9-10-11-12-25-13-15-26(16-14-25)27-17-20-29(21-18-27)39-33(37)28-19-22-31(30(35)23-28)40-34(38)32(36)24(2)3/h13-24,32H,4-12H2,1-3H3. The van der Waals surface area contributed by atoms with Gasteiger partial charge in [-0.3, -0.25) is 4.79 Å². The van der Waals surface area contributed by atoms with Gasteiger partial charge in [0.2, 0.25) is 0 Å². The van der Waals surface area contributed by atoms with Crippen molar-refractivity contribution in [1.29, 1.82) is 0 Å². The average molecular weight is 584 g/mol. The predicted octanol–water partition coefficient (Wildman–Crippen LogP) is 10.1. The molecule has 6 heteroatoms. The summed E-state index contributed by atoms with van der Waals surface area (Å²) >= 11 is 12.3. The van der Waals surface area contributed by atoms with Gasteiger partial charge >= 0.3 is 11.9 Å². The normalized spacial score (nSPS) is 11.8. The van der Waals surface area contributed by atoms with Gasteiger partial charge in [-0.15, -0.1) is 11.6 Å². The Morgan fingerprint density at radius 3 is 1.90 bits per heavy atom. The first kappa shape index (κ1) is 31.7. The molecule has 0 radical (unpaired) electrons. The second-order valence-corrected chi connectivity index (χ2v) is 11.4. The molecule has 0 amide bonds. The molecule has 0 N–H and O–H groups in total. The van der Waals surface area contributed by atoms with Crippen molar-refractivity contribution in [3.05, 3.63) is 82.9 Å². The fraction of sp³-hybridized carbons (Fsp3) is 0.412. The van der Waals surface area contributed by atoms with Crippen molar-refractivity contribution < 1.29 is 19.1 Å². The molecule has 0 aliphatic carbocycles. The second-order valence-electron chi connectivity index (χ2n) is 10.5. The molecule has 0 saturated heterocycles. The number of unbranched alkanes of at least 4 members (excludes halogenated alkanes) is 7. The van der Waals surface area contributed by atoms with Gasteiger partial charge in [0.1, 0.15) is 16.9 Å². The Bertz CT molecular complexity index is 1220. The van der Waals surface area contributed by atoms with Crippen molar-refractivity contribution in [3.8, 4) is 22.6 Å². The van der Waals surface area contributed by atoms with Gasteiger partial charge in [0, 0.05) is 0 Å². The van der Waals surface area contributed by atoms with Gasteiger partial charge < -0.3 is 9.47 Å². The molecule has 3 aromatic rings. The lowest BCUT2D eigenvalue weighted by atomic mass is 10.0. The fourth-order valence-electron chi connectivity index (χ4n) is 4.36. The number of halogens is 2. The van der Waals surface area contributed by atoms with Crippen molar-refractivity contribution in [2.75, 3.05) is 0 Å². The van der Waals surface area contributed by atoms with E-state index in [0.717, 1.165) is 17.5 Å². The highest BCUT2D eigenvalue weighted by molar-refractivity contribution is 6.33. The number of aryl methyl sites for hydroxylation is 1. The first-order valence-corrected chi connectivity index (χ1v) is 15.2.